The van der Waals surface area contributed by atoms with Crippen molar-refractivity contribution in [3.63, 3.8) is 0 Å². The SMILES string of the molecule is Nc1nc(Cc2ccc3ccccc3c2)nc2c1[nH]c(=O)n2Cc1ccccc1. The van der Waals surface area contributed by atoms with Crippen molar-refractivity contribution in [3.05, 3.63) is 100 Å². The highest BCUT2D eigenvalue weighted by Gasteiger charge is 2.14. The Morgan fingerprint density at radius 3 is 2.45 bits per heavy atom. The first-order valence-corrected chi connectivity index (χ1v) is 9.44. The first kappa shape index (κ1) is 17.2. The molecule has 0 aliphatic rings. The Hall–Kier alpha value is -3.93. The van der Waals surface area contributed by atoms with Gasteiger partial charge in [-0.25, -0.2) is 14.8 Å². The molecule has 6 heteroatoms. The number of anilines is 1. The van der Waals surface area contributed by atoms with Crippen LogP contribution in [0.2, 0.25) is 0 Å². The minimum atomic E-state index is -0.243. The number of hydrogen-bond acceptors (Lipinski definition) is 4. The fourth-order valence-corrected chi connectivity index (χ4v) is 3.62. The summed E-state index contributed by atoms with van der Waals surface area (Å²) < 4.78 is 1.60. The fourth-order valence-electron chi connectivity index (χ4n) is 3.62. The van der Waals surface area contributed by atoms with Gasteiger partial charge >= 0.3 is 5.69 Å². The van der Waals surface area contributed by atoms with E-state index in [4.69, 9.17) is 5.73 Å². The maximum absolute atomic E-state index is 12.5. The van der Waals surface area contributed by atoms with Gasteiger partial charge in [-0.2, -0.15) is 0 Å². The van der Waals surface area contributed by atoms with Crippen LogP contribution in [0, 0.1) is 0 Å². The highest BCUT2D eigenvalue weighted by atomic mass is 16.1. The molecule has 0 atom stereocenters. The fraction of sp³-hybridized carbons (Fsp3) is 0.0870. The largest absolute Gasteiger partial charge is 0.382 e. The summed E-state index contributed by atoms with van der Waals surface area (Å²) in [5, 5.41) is 2.36. The van der Waals surface area contributed by atoms with Crippen LogP contribution in [0.5, 0.6) is 0 Å². The zero-order chi connectivity index (χ0) is 19.8. The third-order valence-corrected chi connectivity index (χ3v) is 5.06. The molecule has 0 unspecified atom stereocenters. The summed E-state index contributed by atoms with van der Waals surface area (Å²) in [5.41, 5.74) is 9.02. The number of nitrogens with two attached hydrogens (primary N) is 1. The van der Waals surface area contributed by atoms with Crippen molar-refractivity contribution in [2.75, 3.05) is 5.73 Å². The molecule has 0 fully saturated rings. The van der Waals surface area contributed by atoms with Crippen molar-refractivity contribution in [3.8, 4) is 0 Å². The molecule has 142 valence electrons. The van der Waals surface area contributed by atoms with E-state index in [1.165, 1.54) is 10.8 Å². The molecular weight excluding hydrogens is 362 g/mol. The normalized spacial score (nSPS) is 11.3. The molecule has 3 aromatic carbocycles. The zero-order valence-corrected chi connectivity index (χ0v) is 15.7. The van der Waals surface area contributed by atoms with Crippen LogP contribution in [0.15, 0.2) is 77.6 Å². The molecule has 0 aliphatic heterocycles. The van der Waals surface area contributed by atoms with E-state index in [0.29, 0.717) is 30.0 Å². The second-order valence-corrected chi connectivity index (χ2v) is 7.08. The van der Waals surface area contributed by atoms with Crippen molar-refractivity contribution in [1.82, 2.24) is 19.5 Å². The van der Waals surface area contributed by atoms with Gasteiger partial charge in [-0.15, -0.1) is 0 Å². The molecule has 2 heterocycles. The zero-order valence-electron chi connectivity index (χ0n) is 15.7. The lowest BCUT2D eigenvalue weighted by Gasteiger charge is -2.07. The summed E-state index contributed by atoms with van der Waals surface area (Å²) >= 11 is 0. The summed E-state index contributed by atoms with van der Waals surface area (Å²) in [6.45, 7) is 0.422. The number of H-pyrrole nitrogens is 1. The van der Waals surface area contributed by atoms with Crippen molar-refractivity contribution < 1.29 is 0 Å². The molecule has 6 nitrogen and oxygen atoms in total. The van der Waals surface area contributed by atoms with Crippen LogP contribution in [0.4, 0.5) is 5.82 Å². The number of hydrogen-bond donors (Lipinski definition) is 2. The Morgan fingerprint density at radius 2 is 1.62 bits per heavy atom. The Morgan fingerprint density at radius 1 is 0.862 bits per heavy atom. The van der Waals surface area contributed by atoms with Crippen LogP contribution in [0.3, 0.4) is 0 Å². The van der Waals surface area contributed by atoms with E-state index in [-0.39, 0.29) is 11.5 Å². The minimum Gasteiger partial charge on any atom is -0.382 e. The maximum Gasteiger partial charge on any atom is 0.328 e. The van der Waals surface area contributed by atoms with Gasteiger partial charge in [-0.3, -0.25) is 4.57 Å². The average molecular weight is 381 g/mol. The summed E-state index contributed by atoms with van der Waals surface area (Å²) in [7, 11) is 0. The third-order valence-electron chi connectivity index (χ3n) is 5.06. The predicted octanol–water partition coefficient (Wildman–Crippen LogP) is 3.49. The Labute approximate surface area is 166 Å². The molecule has 0 radical (unpaired) electrons. The van der Waals surface area contributed by atoms with Gasteiger partial charge in [0.05, 0.1) is 6.54 Å². The topological polar surface area (TPSA) is 89.6 Å². The Balaban J connectivity index is 1.55. The molecule has 29 heavy (non-hydrogen) atoms. The van der Waals surface area contributed by atoms with Gasteiger partial charge < -0.3 is 10.7 Å². The molecule has 5 aromatic rings. The molecular formula is C23H19N5O. The highest BCUT2D eigenvalue weighted by Crippen LogP contribution is 2.20. The summed E-state index contributed by atoms with van der Waals surface area (Å²) in [6, 6.07) is 24.3. The van der Waals surface area contributed by atoms with Crippen LogP contribution in [-0.2, 0) is 13.0 Å². The molecule has 5 rings (SSSR count). The summed E-state index contributed by atoms with van der Waals surface area (Å²) in [6.07, 6.45) is 0.537. The van der Waals surface area contributed by atoms with Crippen LogP contribution >= 0.6 is 0 Å². The lowest BCUT2D eigenvalue weighted by Crippen LogP contribution is -2.17. The molecule has 2 aromatic heterocycles. The highest BCUT2D eigenvalue weighted by molar-refractivity contribution is 5.83. The van der Waals surface area contributed by atoms with E-state index in [2.05, 4.69) is 45.3 Å². The number of benzene rings is 3. The van der Waals surface area contributed by atoms with Gasteiger partial charge in [0.25, 0.3) is 0 Å². The molecule has 0 spiro atoms. The number of nitrogens with zero attached hydrogens (tertiary/aromatic N) is 3. The third kappa shape index (κ3) is 3.25. The molecule has 3 N–H and O–H groups in total. The van der Waals surface area contributed by atoms with Gasteiger partial charge in [-0.05, 0) is 21.9 Å². The minimum absolute atomic E-state index is 0.243. The Bertz CT molecular complexity index is 1390. The number of nitrogens with one attached hydrogen (secondary N) is 1. The number of aromatic nitrogens is 4. The Kier molecular flexibility index (Phi) is 4.09. The van der Waals surface area contributed by atoms with E-state index in [0.717, 1.165) is 11.1 Å². The standard InChI is InChI=1S/C23H19N5O/c24-21-20-22(28(23(29)27-20)14-15-6-2-1-3-7-15)26-19(25-21)13-16-10-11-17-8-4-5-9-18(17)12-16/h1-12H,13-14H2,(H,27,29)(H2,24,25,26). The van der Waals surface area contributed by atoms with E-state index >= 15 is 0 Å². The number of fused-ring (bicyclic) bond motifs is 2. The van der Waals surface area contributed by atoms with E-state index in [9.17, 15) is 4.79 Å². The lowest BCUT2D eigenvalue weighted by molar-refractivity contribution is 0.774. The van der Waals surface area contributed by atoms with Crippen LogP contribution in [0.1, 0.15) is 17.0 Å². The van der Waals surface area contributed by atoms with Crippen molar-refractivity contribution in [2.45, 2.75) is 13.0 Å². The molecule has 0 saturated heterocycles. The summed E-state index contributed by atoms with van der Waals surface area (Å²) in [5.74, 6) is 0.876. The number of nitrogen functional groups attached to an aromatic ring is 1. The van der Waals surface area contributed by atoms with Crippen LogP contribution in [0.25, 0.3) is 21.9 Å². The van der Waals surface area contributed by atoms with Crippen LogP contribution < -0.4 is 11.4 Å². The molecule has 0 amide bonds. The van der Waals surface area contributed by atoms with E-state index in [1.54, 1.807) is 4.57 Å². The smallest absolute Gasteiger partial charge is 0.328 e. The van der Waals surface area contributed by atoms with Gasteiger partial charge in [0, 0.05) is 6.42 Å². The second-order valence-electron chi connectivity index (χ2n) is 7.08. The lowest BCUT2D eigenvalue weighted by atomic mass is 10.0. The van der Waals surface area contributed by atoms with Crippen molar-refractivity contribution in [1.29, 1.82) is 0 Å². The van der Waals surface area contributed by atoms with Crippen molar-refractivity contribution in [2.24, 2.45) is 0 Å². The van der Waals surface area contributed by atoms with Gasteiger partial charge in [-0.1, -0.05) is 72.8 Å². The van der Waals surface area contributed by atoms with Gasteiger partial charge in [0.15, 0.2) is 11.5 Å². The maximum atomic E-state index is 12.5. The molecule has 0 bridgehead atoms. The average Bonchev–Trinajstić information content (AvgIpc) is 3.05. The number of imidazole rings is 1. The van der Waals surface area contributed by atoms with E-state index < -0.39 is 0 Å². The number of aromatic amines is 1. The molecule has 0 aliphatic carbocycles. The second kappa shape index (κ2) is 6.91. The van der Waals surface area contributed by atoms with Gasteiger partial charge in [0.1, 0.15) is 11.3 Å². The quantitative estimate of drug-likeness (QED) is 0.499. The van der Waals surface area contributed by atoms with Gasteiger partial charge in [0.2, 0.25) is 0 Å². The van der Waals surface area contributed by atoms with Crippen molar-refractivity contribution >= 4 is 27.8 Å². The van der Waals surface area contributed by atoms with E-state index in [1.807, 2.05) is 42.5 Å². The molecule has 0 saturated carbocycles. The summed E-state index contributed by atoms with van der Waals surface area (Å²) in [4.78, 5) is 24.4. The predicted molar refractivity (Wildman–Crippen MR) is 115 cm³/mol. The first-order chi connectivity index (χ1) is 14.2. The van der Waals surface area contributed by atoms with Crippen LogP contribution in [-0.4, -0.2) is 19.5 Å². The number of rotatable bonds is 4. The first-order valence-electron chi connectivity index (χ1n) is 9.44. The monoisotopic (exact) mass is 381 g/mol.